The second-order valence-corrected chi connectivity index (χ2v) is 4.70. The molecule has 120 valence electrons. The Labute approximate surface area is 137 Å². The van der Waals surface area contributed by atoms with Crippen molar-refractivity contribution in [2.24, 2.45) is 4.99 Å². The summed E-state index contributed by atoms with van der Waals surface area (Å²) in [6.07, 6.45) is 3.50. The van der Waals surface area contributed by atoms with Gasteiger partial charge in [0.25, 0.3) is 0 Å². The maximum absolute atomic E-state index is 5.62. The Hall–Kier alpha value is -2.75. The Morgan fingerprint density at radius 2 is 1.83 bits per heavy atom. The van der Waals surface area contributed by atoms with Gasteiger partial charge in [-0.3, -0.25) is 4.99 Å². The highest BCUT2D eigenvalue weighted by atomic mass is 16.5. The fourth-order valence-electron chi connectivity index (χ4n) is 1.96. The van der Waals surface area contributed by atoms with Crippen LogP contribution in [0.1, 0.15) is 12.5 Å². The van der Waals surface area contributed by atoms with Gasteiger partial charge in [-0.25, -0.2) is 0 Å². The summed E-state index contributed by atoms with van der Waals surface area (Å²) in [5, 5.41) is 0. The molecule has 0 spiro atoms. The lowest BCUT2D eigenvalue weighted by Crippen LogP contribution is -1.99. The van der Waals surface area contributed by atoms with Gasteiger partial charge in [0, 0.05) is 6.21 Å². The zero-order valence-electron chi connectivity index (χ0n) is 13.5. The van der Waals surface area contributed by atoms with E-state index in [1.165, 1.54) is 0 Å². The van der Waals surface area contributed by atoms with Crippen LogP contribution in [0.5, 0.6) is 17.2 Å². The van der Waals surface area contributed by atoms with Crippen LogP contribution in [0.15, 0.2) is 60.1 Å². The molecule has 2 aromatic carbocycles. The van der Waals surface area contributed by atoms with Crippen LogP contribution in [0.2, 0.25) is 0 Å². The van der Waals surface area contributed by atoms with Crippen LogP contribution in [-0.2, 0) is 0 Å². The summed E-state index contributed by atoms with van der Waals surface area (Å²) in [7, 11) is 1.64. The van der Waals surface area contributed by atoms with Gasteiger partial charge in [0.1, 0.15) is 12.4 Å². The lowest BCUT2D eigenvalue weighted by molar-refractivity contribution is 0.297. The molecule has 0 amide bonds. The molecule has 0 bridgehead atoms. The Bertz CT molecular complexity index is 663. The molecule has 0 unspecified atom stereocenters. The minimum absolute atomic E-state index is 0.444. The molecular formula is C19H21NO3. The summed E-state index contributed by atoms with van der Waals surface area (Å²) in [4.78, 5) is 4.45. The average molecular weight is 311 g/mol. The van der Waals surface area contributed by atoms with Crippen molar-refractivity contribution >= 4 is 11.9 Å². The van der Waals surface area contributed by atoms with E-state index in [1.54, 1.807) is 19.4 Å². The van der Waals surface area contributed by atoms with Crippen molar-refractivity contribution in [3.8, 4) is 17.2 Å². The predicted molar refractivity (Wildman–Crippen MR) is 93.6 cm³/mol. The maximum Gasteiger partial charge on any atom is 0.161 e. The molecule has 0 heterocycles. The quantitative estimate of drug-likeness (QED) is 0.535. The van der Waals surface area contributed by atoms with E-state index in [9.17, 15) is 0 Å². The Morgan fingerprint density at radius 1 is 1.04 bits per heavy atom. The van der Waals surface area contributed by atoms with E-state index in [4.69, 9.17) is 14.2 Å². The van der Waals surface area contributed by atoms with Gasteiger partial charge in [-0.1, -0.05) is 12.7 Å². The summed E-state index contributed by atoms with van der Waals surface area (Å²) in [5.41, 5.74) is 1.80. The normalized spacial score (nSPS) is 10.5. The largest absolute Gasteiger partial charge is 0.497 e. The molecule has 4 heteroatoms. The van der Waals surface area contributed by atoms with Crippen LogP contribution >= 0.6 is 0 Å². The van der Waals surface area contributed by atoms with Crippen molar-refractivity contribution in [3.63, 3.8) is 0 Å². The summed E-state index contributed by atoms with van der Waals surface area (Å²) in [6.45, 7) is 6.60. The minimum Gasteiger partial charge on any atom is -0.497 e. The van der Waals surface area contributed by atoms with Crippen LogP contribution in [0.4, 0.5) is 5.69 Å². The summed E-state index contributed by atoms with van der Waals surface area (Å²) < 4.78 is 16.3. The topological polar surface area (TPSA) is 40.0 Å². The van der Waals surface area contributed by atoms with Crippen molar-refractivity contribution in [2.45, 2.75) is 6.92 Å². The summed E-state index contributed by atoms with van der Waals surface area (Å²) in [6, 6.07) is 13.3. The molecule has 0 aromatic heterocycles. The zero-order valence-corrected chi connectivity index (χ0v) is 13.5. The second kappa shape index (κ2) is 8.63. The Morgan fingerprint density at radius 3 is 2.48 bits per heavy atom. The summed E-state index contributed by atoms with van der Waals surface area (Å²) >= 11 is 0. The van der Waals surface area contributed by atoms with Gasteiger partial charge in [0.05, 0.1) is 19.4 Å². The SMILES string of the molecule is C=CCOc1ccc(C=Nc2ccc(OC)cc2)cc1OCC. The van der Waals surface area contributed by atoms with Crippen LogP contribution in [0.25, 0.3) is 0 Å². The van der Waals surface area contributed by atoms with Crippen molar-refractivity contribution in [2.75, 3.05) is 20.3 Å². The first kappa shape index (κ1) is 16.6. The monoisotopic (exact) mass is 311 g/mol. The fraction of sp³-hybridized carbons (Fsp3) is 0.211. The average Bonchev–Trinajstić information content (AvgIpc) is 2.60. The van der Waals surface area contributed by atoms with Crippen molar-refractivity contribution < 1.29 is 14.2 Å². The van der Waals surface area contributed by atoms with Crippen LogP contribution in [0, 0.1) is 0 Å². The molecular weight excluding hydrogens is 290 g/mol. The minimum atomic E-state index is 0.444. The lowest BCUT2D eigenvalue weighted by Gasteiger charge is -2.11. The van der Waals surface area contributed by atoms with Crippen molar-refractivity contribution in [1.29, 1.82) is 0 Å². The molecule has 0 aliphatic carbocycles. The van der Waals surface area contributed by atoms with Gasteiger partial charge in [-0.05, 0) is 55.0 Å². The van der Waals surface area contributed by atoms with Gasteiger partial charge in [0.15, 0.2) is 11.5 Å². The number of aliphatic imine (C=N–C) groups is 1. The van der Waals surface area contributed by atoms with Crippen molar-refractivity contribution in [3.05, 3.63) is 60.7 Å². The van der Waals surface area contributed by atoms with Gasteiger partial charge >= 0.3 is 0 Å². The Balaban J connectivity index is 2.16. The predicted octanol–water partition coefficient (Wildman–Crippen LogP) is 4.41. The van der Waals surface area contributed by atoms with Gasteiger partial charge in [0.2, 0.25) is 0 Å². The van der Waals surface area contributed by atoms with Crippen molar-refractivity contribution in [1.82, 2.24) is 0 Å². The third-order valence-corrected chi connectivity index (χ3v) is 3.06. The molecule has 23 heavy (non-hydrogen) atoms. The highest BCUT2D eigenvalue weighted by Crippen LogP contribution is 2.28. The van der Waals surface area contributed by atoms with E-state index >= 15 is 0 Å². The molecule has 2 aromatic rings. The number of ether oxygens (including phenoxy) is 3. The third kappa shape index (κ3) is 4.88. The summed E-state index contributed by atoms with van der Waals surface area (Å²) in [5.74, 6) is 2.22. The lowest BCUT2D eigenvalue weighted by atomic mass is 10.2. The number of hydrogen-bond donors (Lipinski definition) is 0. The number of methoxy groups -OCH3 is 1. The molecule has 0 aliphatic rings. The number of benzene rings is 2. The molecule has 0 fully saturated rings. The van der Waals surface area contributed by atoms with E-state index in [2.05, 4.69) is 11.6 Å². The number of nitrogens with zero attached hydrogens (tertiary/aromatic N) is 1. The van der Waals surface area contributed by atoms with Crippen LogP contribution < -0.4 is 14.2 Å². The molecule has 4 nitrogen and oxygen atoms in total. The third-order valence-electron chi connectivity index (χ3n) is 3.06. The van der Waals surface area contributed by atoms with E-state index in [0.29, 0.717) is 24.7 Å². The Kier molecular flexibility index (Phi) is 6.24. The zero-order chi connectivity index (χ0) is 16.5. The molecule has 0 saturated heterocycles. The van der Waals surface area contributed by atoms with Gasteiger partial charge in [-0.2, -0.15) is 0 Å². The highest BCUT2D eigenvalue weighted by Gasteiger charge is 2.05. The first-order chi connectivity index (χ1) is 11.3. The first-order valence-corrected chi connectivity index (χ1v) is 7.45. The number of rotatable bonds is 8. The molecule has 0 N–H and O–H groups in total. The second-order valence-electron chi connectivity index (χ2n) is 4.70. The van der Waals surface area contributed by atoms with E-state index in [-0.39, 0.29) is 0 Å². The van der Waals surface area contributed by atoms with Gasteiger partial charge < -0.3 is 14.2 Å². The van der Waals surface area contributed by atoms with Crippen LogP contribution in [0.3, 0.4) is 0 Å². The first-order valence-electron chi connectivity index (χ1n) is 7.45. The maximum atomic E-state index is 5.62. The highest BCUT2D eigenvalue weighted by molar-refractivity contribution is 5.83. The molecule has 0 atom stereocenters. The fourth-order valence-corrected chi connectivity index (χ4v) is 1.96. The smallest absolute Gasteiger partial charge is 0.161 e. The van der Waals surface area contributed by atoms with Gasteiger partial charge in [-0.15, -0.1) is 0 Å². The molecule has 0 aliphatic heterocycles. The molecule has 2 rings (SSSR count). The van der Waals surface area contributed by atoms with E-state index in [1.807, 2.05) is 49.4 Å². The van der Waals surface area contributed by atoms with E-state index in [0.717, 1.165) is 17.0 Å². The van der Waals surface area contributed by atoms with E-state index < -0.39 is 0 Å². The molecule has 0 radical (unpaired) electrons. The molecule has 0 saturated carbocycles. The number of hydrogen-bond acceptors (Lipinski definition) is 4. The van der Waals surface area contributed by atoms with Crippen LogP contribution in [-0.4, -0.2) is 26.5 Å². The standard InChI is InChI=1S/C19H21NO3/c1-4-12-23-18-11-6-15(13-19(18)22-5-2)14-20-16-7-9-17(21-3)10-8-16/h4,6-11,13-14H,1,5,12H2,2-3H3.